The monoisotopic (exact) mass is 241 g/mol. The lowest BCUT2D eigenvalue weighted by Crippen LogP contribution is -2.43. The normalized spacial score (nSPS) is 12.9. The maximum atomic E-state index is 9.87. The van der Waals surface area contributed by atoms with Crippen LogP contribution in [0.3, 0.4) is 0 Å². The molecule has 1 aromatic rings. The number of aromatic amines is 1. The Morgan fingerprint density at radius 1 is 1.47 bits per heavy atom. The quantitative estimate of drug-likeness (QED) is 0.533. The maximum Gasteiger partial charge on any atom is 0.254 e. The average Bonchev–Trinajstić information content (AvgIpc) is 2.65. The number of rotatable bonds is 8. The molecule has 1 rings (SSSR count). The number of imidazole rings is 1. The van der Waals surface area contributed by atoms with Gasteiger partial charge in [0.25, 0.3) is 5.82 Å². The minimum atomic E-state index is -0.433. The Bertz CT molecular complexity index is 323. The van der Waals surface area contributed by atoms with E-state index in [9.17, 15) is 5.11 Å². The molecule has 4 heteroatoms. The van der Waals surface area contributed by atoms with E-state index in [1.165, 1.54) is 0 Å². The fourth-order valence-electron chi connectivity index (χ4n) is 1.84. The fourth-order valence-corrected chi connectivity index (χ4v) is 1.84. The van der Waals surface area contributed by atoms with Gasteiger partial charge in [0, 0.05) is 20.0 Å². The van der Waals surface area contributed by atoms with Crippen molar-refractivity contribution < 1.29 is 14.4 Å². The molecule has 0 radical (unpaired) electrons. The van der Waals surface area contributed by atoms with Crippen LogP contribution in [0.4, 0.5) is 0 Å². The Morgan fingerprint density at radius 3 is 2.88 bits per heavy atom. The van der Waals surface area contributed by atoms with Crippen molar-refractivity contribution in [3.63, 3.8) is 0 Å². The van der Waals surface area contributed by atoms with Crippen molar-refractivity contribution >= 4 is 0 Å². The number of aromatic nitrogens is 2. The SMILES string of the molecule is CCCCOCC(O)C[n+]1cc(C)[nH]c1CC. The predicted octanol–water partition coefficient (Wildman–Crippen LogP) is 1.35. The third-order valence-electron chi connectivity index (χ3n) is 2.73. The molecule has 4 nitrogen and oxygen atoms in total. The summed E-state index contributed by atoms with van der Waals surface area (Å²) in [6.07, 6.45) is 4.73. The summed E-state index contributed by atoms with van der Waals surface area (Å²) in [5.74, 6) is 1.15. The maximum absolute atomic E-state index is 9.87. The first-order valence-corrected chi connectivity index (χ1v) is 6.51. The van der Waals surface area contributed by atoms with E-state index in [4.69, 9.17) is 4.74 Å². The number of nitrogens with zero attached hydrogens (tertiary/aromatic N) is 1. The zero-order chi connectivity index (χ0) is 12.7. The summed E-state index contributed by atoms with van der Waals surface area (Å²) in [4.78, 5) is 3.29. The molecule has 98 valence electrons. The van der Waals surface area contributed by atoms with Crippen molar-refractivity contribution in [2.75, 3.05) is 13.2 Å². The molecule has 0 aliphatic rings. The fraction of sp³-hybridized carbons (Fsp3) is 0.769. The molecule has 1 unspecified atom stereocenters. The highest BCUT2D eigenvalue weighted by molar-refractivity contribution is 4.90. The molecular weight excluding hydrogens is 216 g/mol. The average molecular weight is 241 g/mol. The van der Waals surface area contributed by atoms with Crippen LogP contribution < -0.4 is 4.57 Å². The van der Waals surface area contributed by atoms with Gasteiger partial charge in [0.2, 0.25) is 0 Å². The van der Waals surface area contributed by atoms with Gasteiger partial charge in [-0.2, -0.15) is 0 Å². The molecule has 0 aliphatic carbocycles. The number of unbranched alkanes of at least 4 members (excludes halogenated alkanes) is 1. The molecule has 0 bridgehead atoms. The number of hydrogen-bond acceptors (Lipinski definition) is 2. The lowest BCUT2D eigenvalue weighted by Gasteiger charge is -2.09. The number of aryl methyl sites for hydroxylation is 2. The standard InChI is InChI=1S/C13H24N2O2/c1-4-6-7-17-10-12(16)9-15-8-11(3)14-13(15)5-2/h8,12,16H,4-7,9-10H2,1-3H3/p+1. The van der Waals surface area contributed by atoms with Gasteiger partial charge in [0.05, 0.1) is 6.61 Å². The highest BCUT2D eigenvalue weighted by atomic mass is 16.5. The van der Waals surface area contributed by atoms with Gasteiger partial charge in [-0.05, 0) is 6.42 Å². The van der Waals surface area contributed by atoms with E-state index in [1.54, 1.807) is 0 Å². The van der Waals surface area contributed by atoms with E-state index in [1.807, 2.05) is 13.1 Å². The molecule has 0 saturated carbocycles. The van der Waals surface area contributed by atoms with E-state index in [0.29, 0.717) is 13.2 Å². The molecule has 0 spiro atoms. The van der Waals surface area contributed by atoms with E-state index in [0.717, 1.165) is 37.4 Å². The molecule has 1 heterocycles. The van der Waals surface area contributed by atoms with E-state index >= 15 is 0 Å². The highest BCUT2D eigenvalue weighted by Crippen LogP contribution is 1.96. The van der Waals surface area contributed by atoms with Crippen molar-refractivity contribution in [3.8, 4) is 0 Å². The van der Waals surface area contributed by atoms with Crippen LogP contribution in [-0.2, 0) is 17.7 Å². The summed E-state index contributed by atoms with van der Waals surface area (Å²) < 4.78 is 7.49. The number of nitrogens with one attached hydrogen (secondary N) is 1. The summed E-state index contributed by atoms with van der Waals surface area (Å²) in [7, 11) is 0. The molecule has 0 aromatic carbocycles. The zero-order valence-corrected chi connectivity index (χ0v) is 11.2. The zero-order valence-electron chi connectivity index (χ0n) is 11.2. The van der Waals surface area contributed by atoms with Crippen LogP contribution in [0.15, 0.2) is 6.20 Å². The second-order valence-electron chi connectivity index (χ2n) is 4.47. The molecule has 1 atom stereocenters. The Labute approximate surface area is 104 Å². The predicted molar refractivity (Wildman–Crippen MR) is 66.8 cm³/mol. The van der Waals surface area contributed by atoms with Crippen LogP contribution in [0.1, 0.15) is 38.2 Å². The minimum Gasteiger partial charge on any atom is -0.387 e. The van der Waals surface area contributed by atoms with Gasteiger partial charge >= 0.3 is 0 Å². The first-order chi connectivity index (χ1) is 8.17. The number of aliphatic hydroxyl groups excluding tert-OH is 1. The smallest absolute Gasteiger partial charge is 0.254 e. The van der Waals surface area contributed by atoms with Gasteiger partial charge in [0.15, 0.2) is 0 Å². The summed E-state index contributed by atoms with van der Waals surface area (Å²) in [6.45, 7) is 8.02. The van der Waals surface area contributed by atoms with Crippen LogP contribution in [0.5, 0.6) is 0 Å². The van der Waals surface area contributed by atoms with E-state index in [-0.39, 0.29) is 0 Å². The number of aliphatic hydroxyl groups is 1. The number of hydrogen-bond donors (Lipinski definition) is 2. The van der Waals surface area contributed by atoms with E-state index in [2.05, 4.69) is 23.4 Å². The second kappa shape index (κ2) is 7.45. The first-order valence-electron chi connectivity index (χ1n) is 6.51. The summed E-state index contributed by atoms with van der Waals surface area (Å²) >= 11 is 0. The number of H-pyrrole nitrogens is 1. The molecule has 0 aliphatic heterocycles. The molecule has 17 heavy (non-hydrogen) atoms. The lowest BCUT2D eigenvalue weighted by atomic mass is 10.3. The Balaban J connectivity index is 2.36. The number of ether oxygens (including phenoxy) is 1. The molecular formula is C13H25N2O2+. The van der Waals surface area contributed by atoms with Crippen molar-refractivity contribution in [2.24, 2.45) is 0 Å². The van der Waals surface area contributed by atoms with Gasteiger partial charge in [-0.25, -0.2) is 9.55 Å². The summed E-state index contributed by atoms with van der Waals surface area (Å²) in [5, 5.41) is 9.87. The summed E-state index contributed by atoms with van der Waals surface area (Å²) in [5.41, 5.74) is 1.13. The Hall–Kier alpha value is -0.870. The Morgan fingerprint density at radius 2 is 2.24 bits per heavy atom. The third kappa shape index (κ3) is 4.88. The van der Waals surface area contributed by atoms with Gasteiger partial charge in [0.1, 0.15) is 24.5 Å². The summed E-state index contributed by atoms with van der Waals surface area (Å²) in [6, 6.07) is 0. The molecule has 1 aromatic heterocycles. The third-order valence-corrected chi connectivity index (χ3v) is 2.73. The Kier molecular flexibility index (Phi) is 6.22. The van der Waals surface area contributed by atoms with Crippen molar-refractivity contribution in [1.82, 2.24) is 4.98 Å². The largest absolute Gasteiger partial charge is 0.387 e. The molecule has 2 N–H and O–H groups in total. The van der Waals surface area contributed by atoms with E-state index < -0.39 is 6.10 Å². The van der Waals surface area contributed by atoms with Crippen LogP contribution in [0, 0.1) is 6.92 Å². The minimum absolute atomic E-state index is 0.417. The van der Waals surface area contributed by atoms with Crippen LogP contribution in [-0.4, -0.2) is 29.4 Å². The van der Waals surface area contributed by atoms with Crippen LogP contribution >= 0.6 is 0 Å². The molecule has 0 saturated heterocycles. The van der Waals surface area contributed by atoms with Crippen molar-refractivity contribution in [1.29, 1.82) is 0 Å². The van der Waals surface area contributed by atoms with Gasteiger partial charge in [-0.1, -0.05) is 20.3 Å². The molecule has 0 fully saturated rings. The van der Waals surface area contributed by atoms with Gasteiger partial charge in [-0.15, -0.1) is 0 Å². The van der Waals surface area contributed by atoms with Gasteiger partial charge < -0.3 is 9.84 Å². The lowest BCUT2D eigenvalue weighted by molar-refractivity contribution is -0.709. The van der Waals surface area contributed by atoms with Crippen LogP contribution in [0.2, 0.25) is 0 Å². The topological polar surface area (TPSA) is 49.1 Å². The van der Waals surface area contributed by atoms with Crippen LogP contribution in [0.25, 0.3) is 0 Å². The molecule has 0 amide bonds. The first kappa shape index (κ1) is 14.2. The van der Waals surface area contributed by atoms with Gasteiger partial charge in [-0.3, -0.25) is 0 Å². The van der Waals surface area contributed by atoms with Crippen molar-refractivity contribution in [2.45, 2.75) is 52.7 Å². The highest BCUT2D eigenvalue weighted by Gasteiger charge is 2.15. The van der Waals surface area contributed by atoms with Crippen molar-refractivity contribution in [3.05, 3.63) is 17.7 Å². The second-order valence-corrected chi connectivity index (χ2v) is 4.47.